The molecule has 126 valence electrons. The number of carbonyl (C=O) groups is 4. The van der Waals surface area contributed by atoms with Gasteiger partial charge in [-0.05, 0) is 18.6 Å². The van der Waals surface area contributed by atoms with Crippen LogP contribution in [0.15, 0.2) is 18.2 Å². The van der Waals surface area contributed by atoms with Crippen LogP contribution in [-0.2, 0) is 15.0 Å². The van der Waals surface area contributed by atoms with Crippen molar-refractivity contribution in [2.45, 2.75) is 46.0 Å². The second-order valence-electron chi connectivity index (χ2n) is 7.38. The lowest BCUT2D eigenvalue weighted by Gasteiger charge is -2.38. The summed E-state index contributed by atoms with van der Waals surface area (Å²) in [6.07, 6.45) is 0.517. The van der Waals surface area contributed by atoms with Gasteiger partial charge >= 0.3 is 0 Å². The van der Waals surface area contributed by atoms with Gasteiger partial charge in [-0.1, -0.05) is 32.9 Å². The number of carbonyl (C=O) groups excluding carboxylic acids is 4. The monoisotopic (exact) mass is 326 g/mol. The minimum Gasteiger partial charge on any atom is -0.299 e. The van der Waals surface area contributed by atoms with Crippen molar-refractivity contribution in [1.29, 1.82) is 0 Å². The normalized spacial score (nSPS) is 33.6. The summed E-state index contributed by atoms with van der Waals surface area (Å²) in [5, 5.41) is 0. The number of benzene rings is 1. The van der Waals surface area contributed by atoms with E-state index >= 15 is 0 Å². The number of hydrogen-bond donors (Lipinski definition) is 0. The van der Waals surface area contributed by atoms with E-state index in [1.807, 2.05) is 0 Å². The standard InChI is InChI=1S/C20H22O4/c1-10-11(2)19(24)15-9-13(5-6-14(15)18(10)23)20(4)12(3)16(21)7-8-17(20)22/h5-6,9-12H,7-8H2,1-4H3. The van der Waals surface area contributed by atoms with Gasteiger partial charge in [0.1, 0.15) is 11.6 Å². The Kier molecular flexibility index (Phi) is 3.82. The van der Waals surface area contributed by atoms with Crippen molar-refractivity contribution in [3.05, 3.63) is 34.9 Å². The van der Waals surface area contributed by atoms with Crippen molar-refractivity contribution in [1.82, 2.24) is 0 Å². The first-order valence-electron chi connectivity index (χ1n) is 8.48. The van der Waals surface area contributed by atoms with E-state index in [-0.39, 0.29) is 47.8 Å². The van der Waals surface area contributed by atoms with Crippen molar-refractivity contribution in [3.63, 3.8) is 0 Å². The topological polar surface area (TPSA) is 68.3 Å². The van der Waals surface area contributed by atoms with Crippen molar-refractivity contribution < 1.29 is 19.2 Å². The van der Waals surface area contributed by atoms with Gasteiger partial charge in [-0.3, -0.25) is 19.2 Å². The summed E-state index contributed by atoms with van der Waals surface area (Å²) in [5.41, 5.74) is 0.553. The van der Waals surface area contributed by atoms with E-state index in [1.54, 1.807) is 45.9 Å². The minimum absolute atomic E-state index is 0.0190. The minimum atomic E-state index is -0.931. The lowest BCUT2D eigenvalue weighted by molar-refractivity contribution is -0.138. The van der Waals surface area contributed by atoms with Crippen molar-refractivity contribution in [3.8, 4) is 0 Å². The molecule has 1 saturated carbocycles. The van der Waals surface area contributed by atoms with Crippen LogP contribution in [0.1, 0.15) is 66.8 Å². The number of hydrogen-bond acceptors (Lipinski definition) is 4. The zero-order chi connectivity index (χ0) is 17.8. The molecule has 4 atom stereocenters. The number of Topliss-reactive ketones (excluding diaryl/α,β-unsaturated/α-hetero) is 4. The summed E-state index contributed by atoms with van der Waals surface area (Å²) >= 11 is 0. The van der Waals surface area contributed by atoms with Gasteiger partial charge in [-0.25, -0.2) is 0 Å². The third-order valence-electron chi connectivity index (χ3n) is 6.25. The highest BCUT2D eigenvalue weighted by atomic mass is 16.1. The lowest BCUT2D eigenvalue weighted by Crippen LogP contribution is -2.47. The van der Waals surface area contributed by atoms with Crippen LogP contribution in [0, 0.1) is 17.8 Å². The Morgan fingerprint density at radius 1 is 0.875 bits per heavy atom. The third-order valence-corrected chi connectivity index (χ3v) is 6.25. The molecule has 4 nitrogen and oxygen atoms in total. The molecule has 0 aromatic heterocycles. The Hall–Kier alpha value is -2.10. The molecule has 0 aliphatic heterocycles. The Bertz CT molecular complexity index is 776. The van der Waals surface area contributed by atoms with E-state index in [1.165, 1.54) is 0 Å². The predicted molar refractivity (Wildman–Crippen MR) is 89.2 cm³/mol. The van der Waals surface area contributed by atoms with Gasteiger partial charge in [0, 0.05) is 41.7 Å². The van der Waals surface area contributed by atoms with Crippen LogP contribution in [-0.4, -0.2) is 23.1 Å². The third kappa shape index (κ3) is 2.12. The first kappa shape index (κ1) is 16.7. The molecule has 1 fully saturated rings. The molecule has 0 radical (unpaired) electrons. The maximum absolute atomic E-state index is 12.6. The van der Waals surface area contributed by atoms with E-state index in [4.69, 9.17) is 0 Å². The van der Waals surface area contributed by atoms with Crippen LogP contribution < -0.4 is 0 Å². The molecule has 0 N–H and O–H groups in total. The molecule has 0 heterocycles. The highest BCUT2D eigenvalue weighted by Crippen LogP contribution is 2.41. The Balaban J connectivity index is 2.15. The van der Waals surface area contributed by atoms with Crippen molar-refractivity contribution in [2.75, 3.05) is 0 Å². The second-order valence-corrected chi connectivity index (χ2v) is 7.38. The van der Waals surface area contributed by atoms with Gasteiger partial charge in [0.15, 0.2) is 11.6 Å². The molecule has 1 aromatic rings. The van der Waals surface area contributed by atoms with Gasteiger partial charge in [-0.2, -0.15) is 0 Å². The van der Waals surface area contributed by atoms with Gasteiger partial charge in [0.25, 0.3) is 0 Å². The lowest BCUT2D eigenvalue weighted by atomic mass is 9.62. The molecule has 0 saturated heterocycles. The van der Waals surface area contributed by atoms with Crippen LogP contribution in [0.5, 0.6) is 0 Å². The summed E-state index contributed by atoms with van der Waals surface area (Å²) in [6, 6.07) is 5.06. The van der Waals surface area contributed by atoms with E-state index in [0.717, 1.165) is 0 Å². The van der Waals surface area contributed by atoms with Crippen molar-refractivity contribution in [2.24, 2.45) is 17.8 Å². The largest absolute Gasteiger partial charge is 0.299 e. The Labute approximate surface area is 141 Å². The second kappa shape index (κ2) is 5.47. The van der Waals surface area contributed by atoms with Crippen LogP contribution in [0.4, 0.5) is 0 Å². The number of fused-ring (bicyclic) bond motifs is 1. The molecular weight excluding hydrogens is 304 g/mol. The molecule has 0 spiro atoms. The van der Waals surface area contributed by atoms with Crippen LogP contribution >= 0.6 is 0 Å². The maximum atomic E-state index is 12.6. The van der Waals surface area contributed by atoms with Crippen LogP contribution in [0.2, 0.25) is 0 Å². The molecular formula is C20H22O4. The van der Waals surface area contributed by atoms with Gasteiger partial charge in [0.2, 0.25) is 0 Å². The molecule has 24 heavy (non-hydrogen) atoms. The zero-order valence-electron chi connectivity index (χ0n) is 14.5. The highest BCUT2D eigenvalue weighted by Gasteiger charge is 2.47. The first-order valence-corrected chi connectivity index (χ1v) is 8.48. The molecule has 2 aliphatic carbocycles. The summed E-state index contributed by atoms with van der Waals surface area (Å²) in [7, 11) is 0. The fourth-order valence-electron chi connectivity index (χ4n) is 3.92. The SMILES string of the molecule is CC1C(=O)c2ccc(C3(C)C(=O)CCC(=O)C3C)cc2C(=O)C1C. The molecule has 2 aliphatic rings. The van der Waals surface area contributed by atoms with Gasteiger partial charge < -0.3 is 0 Å². The highest BCUT2D eigenvalue weighted by molar-refractivity contribution is 6.16. The Morgan fingerprint density at radius 2 is 1.46 bits per heavy atom. The molecule has 0 amide bonds. The van der Waals surface area contributed by atoms with E-state index in [9.17, 15) is 19.2 Å². The summed E-state index contributed by atoms with van der Waals surface area (Å²) in [5.74, 6) is -1.14. The first-order chi connectivity index (χ1) is 11.2. The summed E-state index contributed by atoms with van der Waals surface area (Å²) in [6.45, 7) is 7.09. The summed E-state index contributed by atoms with van der Waals surface area (Å²) < 4.78 is 0. The number of ketones is 4. The quantitative estimate of drug-likeness (QED) is 0.795. The van der Waals surface area contributed by atoms with E-state index in [0.29, 0.717) is 16.7 Å². The van der Waals surface area contributed by atoms with E-state index in [2.05, 4.69) is 0 Å². The van der Waals surface area contributed by atoms with E-state index < -0.39 is 11.3 Å². The average molecular weight is 326 g/mol. The smallest absolute Gasteiger partial charge is 0.167 e. The van der Waals surface area contributed by atoms with Gasteiger partial charge in [-0.15, -0.1) is 0 Å². The summed E-state index contributed by atoms with van der Waals surface area (Å²) in [4.78, 5) is 49.8. The molecule has 1 aromatic carbocycles. The average Bonchev–Trinajstić information content (AvgIpc) is 2.59. The fraction of sp³-hybridized carbons (Fsp3) is 0.500. The van der Waals surface area contributed by atoms with Crippen LogP contribution in [0.25, 0.3) is 0 Å². The molecule has 4 unspecified atom stereocenters. The fourth-order valence-corrected chi connectivity index (χ4v) is 3.92. The number of rotatable bonds is 1. The molecule has 0 bridgehead atoms. The van der Waals surface area contributed by atoms with Crippen LogP contribution in [0.3, 0.4) is 0 Å². The zero-order valence-corrected chi connectivity index (χ0v) is 14.5. The molecule has 4 heteroatoms. The Morgan fingerprint density at radius 3 is 2.08 bits per heavy atom. The maximum Gasteiger partial charge on any atom is 0.167 e. The molecule has 3 rings (SSSR count). The predicted octanol–water partition coefficient (Wildman–Crippen LogP) is 3.16. The van der Waals surface area contributed by atoms with Crippen molar-refractivity contribution >= 4 is 23.1 Å². The van der Waals surface area contributed by atoms with Gasteiger partial charge in [0.05, 0.1) is 5.41 Å².